The van der Waals surface area contributed by atoms with Crippen molar-refractivity contribution in [2.45, 2.75) is 45.4 Å². The molecule has 1 heterocycles. The first-order valence-electron chi connectivity index (χ1n) is 8.60. The molecule has 4 N–H and O–H groups in total. The third-order valence-electron chi connectivity index (χ3n) is 3.96. The van der Waals surface area contributed by atoms with Gasteiger partial charge in [-0.1, -0.05) is 6.92 Å². The van der Waals surface area contributed by atoms with E-state index in [4.69, 9.17) is 5.73 Å². The van der Waals surface area contributed by atoms with E-state index in [2.05, 4.69) is 10.6 Å². The molecule has 0 radical (unpaired) electrons. The summed E-state index contributed by atoms with van der Waals surface area (Å²) in [6.07, 6.45) is 3.83. The maximum atomic E-state index is 12.2. The van der Waals surface area contributed by atoms with Gasteiger partial charge in [-0.05, 0) is 25.7 Å². The van der Waals surface area contributed by atoms with Crippen LogP contribution >= 0.6 is 0 Å². The summed E-state index contributed by atoms with van der Waals surface area (Å²) in [5, 5.41) is 5.58. The van der Waals surface area contributed by atoms with Crippen LogP contribution in [0.5, 0.6) is 0 Å². The Morgan fingerprint density at radius 2 is 1.96 bits per heavy atom. The molecule has 132 valence electrons. The van der Waals surface area contributed by atoms with E-state index in [9.17, 15) is 14.4 Å². The number of carbonyl (C=O) groups is 3. The fourth-order valence-corrected chi connectivity index (χ4v) is 2.67. The molecule has 1 saturated heterocycles. The number of amides is 3. The second-order valence-corrected chi connectivity index (χ2v) is 5.96. The van der Waals surface area contributed by atoms with Gasteiger partial charge in [0, 0.05) is 45.6 Å². The molecule has 7 nitrogen and oxygen atoms in total. The Bertz CT molecular complexity index is 401. The van der Waals surface area contributed by atoms with Gasteiger partial charge >= 0.3 is 0 Å². The van der Waals surface area contributed by atoms with Crippen LogP contribution < -0.4 is 16.4 Å². The zero-order chi connectivity index (χ0) is 17.1. The number of hydrogen-bond donors (Lipinski definition) is 3. The fraction of sp³-hybridized carbons (Fsp3) is 0.812. The molecule has 23 heavy (non-hydrogen) atoms. The molecule has 0 saturated carbocycles. The Labute approximate surface area is 138 Å². The summed E-state index contributed by atoms with van der Waals surface area (Å²) >= 11 is 0. The monoisotopic (exact) mass is 326 g/mol. The summed E-state index contributed by atoms with van der Waals surface area (Å²) < 4.78 is 0. The smallest absolute Gasteiger partial charge is 0.224 e. The van der Waals surface area contributed by atoms with E-state index in [0.717, 1.165) is 19.3 Å². The van der Waals surface area contributed by atoms with E-state index >= 15 is 0 Å². The van der Waals surface area contributed by atoms with Crippen molar-refractivity contribution in [2.75, 3.05) is 32.7 Å². The average molecular weight is 326 g/mol. The Morgan fingerprint density at radius 1 is 1.17 bits per heavy atom. The minimum absolute atomic E-state index is 0.00247. The third kappa shape index (κ3) is 7.45. The van der Waals surface area contributed by atoms with E-state index in [1.165, 1.54) is 0 Å². The highest BCUT2D eigenvalue weighted by atomic mass is 16.2. The van der Waals surface area contributed by atoms with Gasteiger partial charge < -0.3 is 21.3 Å². The number of rotatable bonds is 9. The maximum Gasteiger partial charge on any atom is 0.224 e. The third-order valence-corrected chi connectivity index (χ3v) is 3.96. The maximum absolute atomic E-state index is 12.2. The number of likely N-dealkylation sites (tertiary alicyclic amines) is 1. The molecule has 0 aromatic rings. The van der Waals surface area contributed by atoms with Crippen molar-refractivity contribution in [1.82, 2.24) is 15.5 Å². The number of hydrogen-bond acceptors (Lipinski definition) is 4. The first-order chi connectivity index (χ1) is 11.1. The van der Waals surface area contributed by atoms with E-state index < -0.39 is 0 Å². The normalized spacial score (nSPS) is 17.7. The molecule has 0 aromatic heterocycles. The first kappa shape index (κ1) is 19.4. The second-order valence-electron chi connectivity index (χ2n) is 5.96. The number of nitrogens with two attached hydrogens (primary N) is 1. The van der Waals surface area contributed by atoms with Gasteiger partial charge in [-0.2, -0.15) is 0 Å². The van der Waals surface area contributed by atoms with E-state index in [1.54, 1.807) is 4.90 Å². The molecule has 0 aromatic carbocycles. The van der Waals surface area contributed by atoms with Gasteiger partial charge in [-0.15, -0.1) is 0 Å². The van der Waals surface area contributed by atoms with Crippen molar-refractivity contribution in [3.8, 4) is 0 Å². The highest BCUT2D eigenvalue weighted by molar-refractivity contribution is 5.82. The minimum atomic E-state index is -0.146. The van der Waals surface area contributed by atoms with E-state index in [1.807, 2.05) is 6.92 Å². The number of piperidine rings is 1. The van der Waals surface area contributed by atoms with Crippen LogP contribution in [0.1, 0.15) is 45.4 Å². The largest absolute Gasteiger partial charge is 0.356 e. The van der Waals surface area contributed by atoms with Gasteiger partial charge in [0.1, 0.15) is 0 Å². The van der Waals surface area contributed by atoms with Crippen molar-refractivity contribution in [3.05, 3.63) is 0 Å². The summed E-state index contributed by atoms with van der Waals surface area (Å²) in [5.41, 5.74) is 5.38. The molecule has 0 aliphatic carbocycles. The predicted octanol–water partition coefficient (Wildman–Crippen LogP) is -0.00360. The summed E-state index contributed by atoms with van der Waals surface area (Å²) in [7, 11) is 0. The van der Waals surface area contributed by atoms with Crippen LogP contribution in [0.4, 0.5) is 0 Å². The average Bonchev–Trinajstić information content (AvgIpc) is 2.57. The van der Waals surface area contributed by atoms with Gasteiger partial charge in [0.05, 0.1) is 5.92 Å². The highest BCUT2D eigenvalue weighted by Crippen LogP contribution is 2.18. The van der Waals surface area contributed by atoms with Crippen LogP contribution in [0.15, 0.2) is 0 Å². The fourth-order valence-electron chi connectivity index (χ4n) is 2.67. The molecule has 0 spiro atoms. The Hall–Kier alpha value is -1.63. The molecule has 1 rings (SSSR count). The van der Waals surface area contributed by atoms with Crippen LogP contribution in [0, 0.1) is 5.92 Å². The predicted molar refractivity (Wildman–Crippen MR) is 88.5 cm³/mol. The molecule has 1 atom stereocenters. The number of nitrogens with one attached hydrogen (secondary N) is 2. The molecular weight excluding hydrogens is 296 g/mol. The molecule has 1 unspecified atom stereocenters. The van der Waals surface area contributed by atoms with Crippen molar-refractivity contribution >= 4 is 17.7 Å². The summed E-state index contributed by atoms with van der Waals surface area (Å²) in [6, 6.07) is 0. The van der Waals surface area contributed by atoms with Crippen LogP contribution in [0.3, 0.4) is 0 Å². The lowest BCUT2D eigenvalue weighted by Gasteiger charge is -2.32. The van der Waals surface area contributed by atoms with E-state index in [-0.39, 0.29) is 23.6 Å². The Morgan fingerprint density at radius 3 is 2.65 bits per heavy atom. The number of nitrogens with zero attached hydrogens (tertiary/aromatic N) is 1. The molecular formula is C16H30N4O3. The van der Waals surface area contributed by atoms with E-state index in [0.29, 0.717) is 52.0 Å². The molecule has 7 heteroatoms. The number of carbonyl (C=O) groups excluding carboxylic acids is 3. The standard InChI is InChI=1S/C16H30N4O3/c1-2-9-18-14(21)6-3-7-15(22)20-11-4-5-13(12-20)16(23)19-10-8-17/h13H,2-12,17H2,1H3,(H,18,21)(H,19,23). The lowest BCUT2D eigenvalue weighted by molar-refractivity contribution is -0.135. The quantitative estimate of drug-likeness (QED) is 0.554. The van der Waals surface area contributed by atoms with Crippen LogP contribution in [0.2, 0.25) is 0 Å². The van der Waals surface area contributed by atoms with Crippen molar-refractivity contribution in [1.29, 1.82) is 0 Å². The second kappa shape index (κ2) is 11.0. The van der Waals surface area contributed by atoms with Crippen LogP contribution in [0.25, 0.3) is 0 Å². The summed E-state index contributed by atoms with van der Waals surface area (Å²) in [6.45, 7) is 4.73. The Kier molecular flexibility index (Phi) is 9.28. The lowest BCUT2D eigenvalue weighted by atomic mass is 9.96. The Balaban J connectivity index is 2.29. The topological polar surface area (TPSA) is 105 Å². The van der Waals surface area contributed by atoms with Crippen molar-refractivity contribution < 1.29 is 14.4 Å². The molecule has 0 bridgehead atoms. The van der Waals surface area contributed by atoms with Gasteiger partial charge in [0.2, 0.25) is 17.7 Å². The SMILES string of the molecule is CCCNC(=O)CCCC(=O)N1CCCC(C(=O)NCCN)C1. The van der Waals surface area contributed by atoms with Crippen LogP contribution in [-0.4, -0.2) is 55.3 Å². The lowest BCUT2D eigenvalue weighted by Crippen LogP contribution is -2.46. The van der Waals surface area contributed by atoms with Crippen molar-refractivity contribution in [2.24, 2.45) is 11.7 Å². The van der Waals surface area contributed by atoms with Crippen LogP contribution in [-0.2, 0) is 14.4 Å². The summed E-state index contributed by atoms with van der Waals surface area (Å²) in [4.78, 5) is 37.4. The first-order valence-corrected chi connectivity index (χ1v) is 8.60. The van der Waals surface area contributed by atoms with Gasteiger partial charge in [0.15, 0.2) is 0 Å². The highest BCUT2D eigenvalue weighted by Gasteiger charge is 2.27. The zero-order valence-electron chi connectivity index (χ0n) is 14.1. The molecule has 3 amide bonds. The van der Waals surface area contributed by atoms with Gasteiger partial charge in [-0.25, -0.2) is 0 Å². The minimum Gasteiger partial charge on any atom is -0.356 e. The molecule has 1 aliphatic rings. The zero-order valence-corrected chi connectivity index (χ0v) is 14.1. The summed E-state index contributed by atoms with van der Waals surface area (Å²) in [5.74, 6) is -0.138. The molecule has 1 aliphatic heterocycles. The van der Waals surface area contributed by atoms with Crippen molar-refractivity contribution in [3.63, 3.8) is 0 Å². The van der Waals surface area contributed by atoms with Gasteiger partial charge in [-0.3, -0.25) is 14.4 Å². The van der Waals surface area contributed by atoms with Gasteiger partial charge in [0.25, 0.3) is 0 Å². The molecule has 1 fully saturated rings.